The third kappa shape index (κ3) is 4.75. The highest BCUT2D eigenvalue weighted by Gasteiger charge is 2.16. The summed E-state index contributed by atoms with van der Waals surface area (Å²) in [5.74, 6) is -1.46. The molecule has 34 heavy (non-hydrogen) atoms. The number of pyridine rings is 1. The van der Waals surface area contributed by atoms with E-state index in [4.69, 9.17) is 14.6 Å². The van der Waals surface area contributed by atoms with Crippen LogP contribution in [0.1, 0.15) is 37.4 Å². The van der Waals surface area contributed by atoms with Crippen LogP contribution in [-0.2, 0) is 17.8 Å². The molecule has 3 N–H and O–H groups in total. The van der Waals surface area contributed by atoms with Crippen molar-refractivity contribution in [2.24, 2.45) is 0 Å². The Morgan fingerprint density at radius 1 is 0.912 bits per heavy atom. The minimum atomic E-state index is -1.04. The molecule has 0 atom stereocenters. The third-order valence-electron chi connectivity index (χ3n) is 5.39. The van der Waals surface area contributed by atoms with E-state index in [0.29, 0.717) is 27.8 Å². The van der Waals surface area contributed by atoms with Crippen LogP contribution >= 0.6 is 0 Å². The first kappa shape index (κ1) is 22.6. The number of methoxy groups -OCH3 is 1. The molecular weight excluding hydrogens is 438 g/mol. The largest absolute Gasteiger partial charge is 0.507 e. The molecule has 0 saturated heterocycles. The number of aromatic hydroxyl groups is 2. The molecule has 8 nitrogen and oxygen atoms in total. The fourth-order valence-corrected chi connectivity index (χ4v) is 3.56. The molecule has 1 aromatic heterocycles. The van der Waals surface area contributed by atoms with Crippen molar-refractivity contribution in [2.45, 2.75) is 13.0 Å². The number of hydrogen-bond donors (Lipinski definition) is 3. The zero-order valence-corrected chi connectivity index (χ0v) is 18.2. The number of aromatic nitrogens is 1. The van der Waals surface area contributed by atoms with Crippen LogP contribution in [0.15, 0.2) is 66.9 Å². The van der Waals surface area contributed by atoms with E-state index in [2.05, 4.69) is 4.98 Å². The predicted octanol–water partition coefficient (Wildman–Crippen LogP) is 4.30. The topological polar surface area (TPSA) is 126 Å². The van der Waals surface area contributed by atoms with Crippen molar-refractivity contribution in [1.29, 1.82) is 0 Å². The van der Waals surface area contributed by atoms with Gasteiger partial charge in [0, 0.05) is 29.6 Å². The number of carbonyl (C=O) groups is 2. The fraction of sp³-hybridized carbons (Fsp3) is 0.115. The number of carboxylic acid groups (broad SMARTS) is 1. The maximum Gasteiger partial charge on any atom is 0.338 e. The zero-order valence-electron chi connectivity index (χ0n) is 18.2. The van der Waals surface area contributed by atoms with Crippen LogP contribution in [0, 0.1) is 0 Å². The van der Waals surface area contributed by atoms with E-state index in [1.54, 1.807) is 42.6 Å². The van der Waals surface area contributed by atoms with Crippen LogP contribution in [0.25, 0.3) is 10.8 Å². The smallest absolute Gasteiger partial charge is 0.338 e. The first-order valence-electron chi connectivity index (χ1n) is 10.3. The van der Waals surface area contributed by atoms with Crippen molar-refractivity contribution in [2.75, 3.05) is 7.11 Å². The van der Waals surface area contributed by atoms with Crippen LogP contribution < -0.4 is 4.74 Å². The van der Waals surface area contributed by atoms with E-state index < -0.39 is 11.9 Å². The van der Waals surface area contributed by atoms with E-state index in [1.165, 1.54) is 31.4 Å². The first-order chi connectivity index (χ1) is 16.4. The van der Waals surface area contributed by atoms with Gasteiger partial charge in [-0.25, -0.2) is 14.6 Å². The van der Waals surface area contributed by atoms with E-state index in [1.807, 2.05) is 0 Å². The molecule has 1 heterocycles. The molecule has 0 aliphatic heterocycles. The summed E-state index contributed by atoms with van der Waals surface area (Å²) in [7, 11) is 1.50. The van der Waals surface area contributed by atoms with Gasteiger partial charge in [-0.2, -0.15) is 0 Å². The first-order valence-corrected chi connectivity index (χ1v) is 10.3. The summed E-state index contributed by atoms with van der Waals surface area (Å²) in [6.45, 7) is 0.0227. The average molecular weight is 459 g/mol. The normalized spacial score (nSPS) is 10.7. The highest BCUT2D eigenvalue weighted by Crippen LogP contribution is 2.37. The number of phenolic OH excluding ortho intramolecular Hbond substituents is 2. The van der Waals surface area contributed by atoms with Crippen molar-refractivity contribution in [3.8, 4) is 17.4 Å². The van der Waals surface area contributed by atoms with Gasteiger partial charge in [0.1, 0.15) is 18.1 Å². The quantitative estimate of drug-likeness (QED) is 0.349. The highest BCUT2D eigenvalue weighted by atomic mass is 16.5. The molecule has 0 amide bonds. The van der Waals surface area contributed by atoms with E-state index in [0.717, 1.165) is 0 Å². The average Bonchev–Trinajstić information content (AvgIpc) is 2.85. The van der Waals surface area contributed by atoms with Gasteiger partial charge in [-0.1, -0.05) is 18.2 Å². The van der Waals surface area contributed by atoms with E-state index >= 15 is 0 Å². The van der Waals surface area contributed by atoms with Gasteiger partial charge >= 0.3 is 11.9 Å². The monoisotopic (exact) mass is 459 g/mol. The SMILES string of the molecule is COc1cc(COC(=O)c2ccc3cc(O)c(Cc4ccc(C(=O)O)cc4)c(O)c3c2)ccn1. The molecule has 4 aromatic rings. The van der Waals surface area contributed by atoms with Gasteiger partial charge in [0.2, 0.25) is 5.88 Å². The number of nitrogens with zero attached hydrogens (tertiary/aromatic N) is 1. The highest BCUT2D eigenvalue weighted by molar-refractivity contribution is 5.98. The van der Waals surface area contributed by atoms with Crippen molar-refractivity contribution >= 4 is 22.7 Å². The summed E-state index contributed by atoms with van der Waals surface area (Å²) in [6.07, 6.45) is 1.73. The molecule has 0 bridgehead atoms. The molecule has 172 valence electrons. The standard InChI is InChI=1S/C26H21NO7/c1-33-23-11-16(8-9-27-23)14-34-26(32)19-7-6-18-13-22(28)21(24(29)20(18)12-19)10-15-2-4-17(5-3-15)25(30)31/h2-9,11-13,28-29H,10,14H2,1H3,(H,30,31). The molecule has 0 radical (unpaired) electrons. The minimum absolute atomic E-state index is 0.0227. The molecule has 0 fully saturated rings. The summed E-state index contributed by atoms with van der Waals surface area (Å²) >= 11 is 0. The second-order valence-corrected chi connectivity index (χ2v) is 7.62. The summed E-state index contributed by atoms with van der Waals surface area (Å²) in [5.41, 5.74) is 2.07. The summed E-state index contributed by atoms with van der Waals surface area (Å²) < 4.78 is 10.4. The molecule has 8 heteroatoms. The number of esters is 1. The number of ether oxygens (including phenoxy) is 2. The second kappa shape index (κ2) is 9.50. The van der Waals surface area contributed by atoms with Gasteiger partial charge in [0.25, 0.3) is 0 Å². The van der Waals surface area contributed by atoms with Gasteiger partial charge in [-0.15, -0.1) is 0 Å². The van der Waals surface area contributed by atoms with Gasteiger partial charge < -0.3 is 24.8 Å². The van der Waals surface area contributed by atoms with Crippen LogP contribution in [0.2, 0.25) is 0 Å². The Bertz CT molecular complexity index is 1380. The molecule has 0 aliphatic carbocycles. The van der Waals surface area contributed by atoms with Crippen molar-refractivity contribution < 1.29 is 34.4 Å². The number of carboxylic acids is 1. The molecule has 0 unspecified atom stereocenters. The predicted molar refractivity (Wildman–Crippen MR) is 123 cm³/mol. The molecule has 0 aliphatic rings. The number of fused-ring (bicyclic) bond motifs is 1. The Hall–Kier alpha value is -4.59. The maximum atomic E-state index is 12.6. The Balaban J connectivity index is 1.58. The lowest BCUT2D eigenvalue weighted by Gasteiger charge is -2.12. The van der Waals surface area contributed by atoms with Gasteiger partial charge in [-0.05, 0) is 52.9 Å². The number of hydrogen-bond acceptors (Lipinski definition) is 7. The fourth-order valence-electron chi connectivity index (χ4n) is 3.56. The van der Waals surface area contributed by atoms with Crippen LogP contribution in [0.3, 0.4) is 0 Å². The number of aromatic carboxylic acids is 1. The Kier molecular flexibility index (Phi) is 6.31. The molecule has 0 saturated carbocycles. The Labute approximate surface area is 194 Å². The zero-order chi connectivity index (χ0) is 24.2. The molecule has 4 rings (SSSR count). The number of benzene rings is 3. The van der Waals surface area contributed by atoms with E-state index in [-0.39, 0.29) is 41.2 Å². The minimum Gasteiger partial charge on any atom is -0.507 e. The molecule has 0 spiro atoms. The maximum absolute atomic E-state index is 12.6. The summed E-state index contributed by atoms with van der Waals surface area (Å²) in [5, 5.41) is 31.3. The lowest BCUT2D eigenvalue weighted by atomic mass is 9.97. The van der Waals surface area contributed by atoms with Crippen LogP contribution in [0.5, 0.6) is 17.4 Å². The Morgan fingerprint density at radius 2 is 1.65 bits per heavy atom. The van der Waals surface area contributed by atoms with Crippen molar-refractivity contribution in [3.05, 3.63) is 94.7 Å². The third-order valence-corrected chi connectivity index (χ3v) is 5.39. The number of phenols is 2. The van der Waals surface area contributed by atoms with Crippen LogP contribution in [-0.4, -0.2) is 39.4 Å². The summed E-state index contributed by atoms with van der Waals surface area (Å²) in [6, 6.07) is 15.7. The Morgan fingerprint density at radius 3 is 2.35 bits per heavy atom. The lowest BCUT2D eigenvalue weighted by Crippen LogP contribution is -2.05. The van der Waals surface area contributed by atoms with Gasteiger partial charge in [0.15, 0.2) is 0 Å². The van der Waals surface area contributed by atoms with Gasteiger partial charge in [0.05, 0.1) is 18.2 Å². The lowest BCUT2D eigenvalue weighted by molar-refractivity contribution is 0.0472. The van der Waals surface area contributed by atoms with Gasteiger partial charge in [-0.3, -0.25) is 0 Å². The van der Waals surface area contributed by atoms with Crippen molar-refractivity contribution in [1.82, 2.24) is 4.98 Å². The number of rotatable bonds is 7. The second-order valence-electron chi connectivity index (χ2n) is 7.62. The van der Waals surface area contributed by atoms with E-state index in [9.17, 15) is 19.8 Å². The molecule has 3 aromatic carbocycles. The summed E-state index contributed by atoms with van der Waals surface area (Å²) in [4.78, 5) is 27.7. The molecular formula is C26H21NO7. The van der Waals surface area contributed by atoms with Crippen molar-refractivity contribution in [3.63, 3.8) is 0 Å². The van der Waals surface area contributed by atoms with Crippen LogP contribution in [0.4, 0.5) is 0 Å². The number of carbonyl (C=O) groups excluding carboxylic acids is 1.